The molecule has 0 aliphatic heterocycles. The SMILES string of the molecule is COc1c(C(CN)C(=O)O)cccc1C(F)(F)F. The minimum atomic E-state index is -4.61. The van der Waals surface area contributed by atoms with Crippen molar-refractivity contribution in [2.45, 2.75) is 12.1 Å². The van der Waals surface area contributed by atoms with Gasteiger partial charge in [0.2, 0.25) is 0 Å². The number of carboxylic acids is 1. The summed E-state index contributed by atoms with van der Waals surface area (Å²) in [4.78, 5) is 10.9. The van der Waals surface area contributed by atoms with E-state index in [1.165, 1.54) is 6.07 Å². The topological polar surface area (TPSA) is 72.5 Å². The summed E-state index contributed by atoms with van der Waals surface area (Å²) in [5.41, 5.74) is 4.18. The molecule has 0 spiro atoms. The third-order valence-electron chi connectivity index (χ3n) is 2.46. The first-order chi connectivity index (χ1) is 8.32. The molecule has 7 heteroatoms. The molecule has 1 rings (SSSR count). The van der Waals surface area contributed by atoms with Crippen LogP contribution in [-0.4, -0.2) is 24.7 Å². The lowest BCUT2D eigenvalue weighted by Crippen LogP contribution is -2.22. The van der Waals surface area contributed by atoms with E-state index in [1.807, 2.05) is 0 Å². The molecule has 0 fully saturated rings. The lowest BCUT2D eigenvalue weighted by molar-refractivity contribution is -0.140. The first kappa shape index (κ1) is 14.3. The molecular weight excluding hydrogens is 251 g/mol. The van der Waals surface area contributed by atoms with E-state index in [0.717, 1.165) is 19.2 Å². The molecule has 0 bridgehead atoms. The van der Waals surface area contributed by atoms with Gasteiger partial charge in [0, 0.05) is 12.1 Å². The van der Waals surface area contributed by atoms with Gasteiger partial charge in [-0.2, -0.15) is 13.2 Å². The number of halogens is 3. The Hall–Kier alpha value is -1.76. The maximum atomic E-state index is 12.7. The second-order valence-electron chi connectivity index (χ2n) is 3.55. The Balaban J connectivity index is 3.42. The molecule has 1 aromatic rings. The van der Waals surface area contributed by atoms with Gasteiger partial charge >= 0.3 is 12.1 Å². The number of carboxylic acid groups (broad SMARTS) is 1. The number of benzene rings is 1. The average Bonchev–Trinajstić information content (AvgIpc) is 2.28. The van der Waals surface area contributed by atoms with E-state index < -0.39 is 29.4 Å². The fourth-order valence-electron chi connectivity index (χ4n) is 1.64. The Kier molecular flexibility index (Phi) is 4.18. The standard InChI is InChI=1S/C11H12F3NO3/c1-18-9-6(7(5-15)10(16)17)3-2-4-8(9)11(12,13)14/h2-4,7H,5,15H2,1H3,(H,16,17). The van der Waals surface area contributed by atoms with Crippen LogP contribution in [-0.2, 0) is 11.0 Å². The highest BCUT2D eigenvalue weighted by molar-refractivity contribution is 5.78. The van der Waals surface area contributed by atoms with Crippen molar-refractivity contribution in [3.05, 3.63) is 29.3 Å². The molecule has 100 valence electrons. The fourth-order valence-corrected chi connectivity index (χ4v) is 1.64. The van der Waals surface area contributed by atoms with Crippen LogP contribution in [0.25, 0.3) is 0 Å². The minimum absolute atomic E-state index is 0.0812. The van der Waals surface area contributed by atoms with E-state index in [4.69, 9.17) is 15.6 Å². The summed E-state index contributed by atoms with van der Waals surface area (Å²) in [5, 5.41) is 8.92. The highest BCUT2D eigenvalue weighted by atomic mass is 19.4. The van der Waals surface area contributed by atoms with Crippen LogP contribution >= 0.6 is 0 Å². The Morgan fingerprint density at radius 2 is 2.11 bits per heavy atom. The Morgan fingerprint density at radius 1 is 1.50 bits per heavy atom. The summed E-state index contributed by atoms with van der Waals surface area (Å²) < 4.78 is 42.9. The monoisotopic (exact) mass is 263 g/mol. The highest BCUT2D eigenvalue weighted by Crippen LogP contribution is 2.40. The fraction of sp³-hybridized carbons (Fsp3) is 0.364. The Labute approximate surface area is 101 Å². The zero-order valence-corrected chi connectivity index (χ0v) is 9.49. The second kappa shape index (κ2) is 5.26. The molecular formula is C11H12F3NO3. The number of nitrogens with two attached hydrogens (primary N) is 1. The van der Waals surface area contributed by atoms with Crippen molar-refractivity contribution < 1.29 is 27.8 Å². The molecule has 0 saturated heterocycles. The number of aliphatic carboxylic acids is 1. The van der Waals surface area contributed by atoms with Crippen molar-refractivity contribution in [2.24, 2.45) is 5.73 Å². The number of carbonyl (C=O) groups is 1. The van der Waals surface area contributed by atoms with Gasteiger partial charge in [0.15, 0.2) is 0 Å². The normalized spacial score (nSPS) is 13.2. The summed E-state index contributed by atoms with van der Waals surface area (Å²) in [7, 11) is 1.06. The van der Waals surface area contributed by atoms with Gasteiger partial charge < -0.3 is 15.6 Å². The lowest BCUT2D eigenvalue weighted by atomic mass is 9.95. The molecule has 0 aliphatic carbocycles. The van der Waals surface area contributed by atoms with Crippen LogP contribution in [0.2, 0.25) is 0 Å². The molecule has 4 nitrogen and oxygen atoms in total. The van der Waals surface area contributed by atoms with Gasteiger partial charge in [0.05, 0.1) is 18.6 Å². The third kappa shape index (κ3) is 2.73. The van der Waals surface area contributed by atoms with Crippen molar-refractivity contribution >= 4 is 5.97 Å². The molecule has 0 aliphatic rings. The number of alkyl halides is 3. The number of hydrogen-bond donors (Lipinski definition) is 2. The summed E-state index contributed by atoms with van der Waals surface area (Å²) >= 11 is 0. The van der Waals surface area contributed by atoms with Gasteiger partial charge in [-0.1, -0.05) is 12.1 Å². The number of para-hydroxylation sites is 1. The van der Waals surface area contributed by atoms with Crippen LogP contribution in [0.3, 0.4) is 0 Å². The maximum Gasteiger partial charge on any atom is 0.419 e. The summed E-state index contributed by atoms with van der Waals surface area (Å²) in [6.07, 6.45) is -4.61. The predicted molar refractivity (Wildman–Crippen MR) is 57.4 cm³/mol. The molecule has 1 aromatic carbocycles. The van der Waals surface area contributed by atoms with Crippen LogP contribution < -0.4 is 10.5 Å². The van der Waals surface area contributed by atoms with Crippen LogP contribution in [0.15, 0.2) is 18.2 Å². The minimum Gasteiger partial charge on any atom is -0.496 e. The van der Waals surface area contributed by atoms with Gasteiger partial charge in [-0.15, -0.1) is 0 Å². The Bertz CT molecular complexity index is 446. The van der Waals surface area contributed by atoms with Gasteiger partial charge in [0.25, 0.3) is 0 Å². The van der Waals surface area contributed by atoms with Crippen molar-refractivity contribution in [1.82, 2.24) is 0 Å². The Morgan fingerprint density at radius 3 is 2.50 bits per heavy atom. The largest absolute Gasteiger partial charge is 0.496 e. The van der Waals surface area contributed by atoms with E-state index in [-0.39, 0.29) is 12.1 Å². The summed E-state index contributed by atoms with van der Waals surface area (Å²) in [6.45, 7) is -0.312. The maximum absolute atomic E-state index is 12.7. The number of rotatable bonds is 4. The molecule has 0 radical (unpaired) electrons. The lowest BCUT2D eigenvalue weighted by Gasteiger charge is -2.18. The second-order valence-corrected chi connectivity index (χ2v) is 3.55. The van der Waals surface area contributed by atoms with E-state index in [1.54, 1.807) is 0 Å². The molecule has 0 saturated carbocycles. The summed E-state index contributed by atoms with van der Waals surface area (Å²) in [6, 6.07) is 3.23. The van der Waals surface area contributed by atoms with Gasteiger partial charge in [0.1, 0.15) is 5.75 Å². The van der Waals surface area contributed by atoms with Crippen LogP contribution in [0.1, 0.15) is 17.0 Å². The first-order valence-corrected chi connectivity index (χ1v) is 4.99. The van der Waals surface area contributed by atoms with Gasteiger partial charge in [-0.25, -0.2) is 0 Å². The highest BCUT2D eigenvalue weighted by Gasteiger charge is 2.36. The summed E-state index contributed by atoms with van der Waals surface area (Å²) in [5.74, 6) is -3.03. The first-order valence-electron chi connectivity index (χ1n) is 4.99. The van der Waals surface area contributed by atoms with E-state index >= 15 is 0 Å². The molecule has 1 atom stereocenters. The number of methoxy groups -OCH3 is 1. The quantitative estimate of drug-likeness (QED) is 0.869. The molecule has 18 heavy (non-hydrogen) atoms. The van der Waals surface area contributed by atoms with Crippen LogP contribution in [0.5, 0.6) is 5.75 Å². The zero-order valence-electron chi connectivity index (χ0n) is 9.49. The van der Waals surface area contributed by atoms with Crippen molar-refractivity contribution in [3.8, 4) is 5.75 Å². The molecule has 0 amide bonds. The zero-order chi connectivity index (χ0) is 13.9. The predicted octanol–water partition coefficient (Wildman–Crippen LogP) is 1.84. The number of ether oxygens (including phenoxy) is 1. The average molecular weight is 263 g/mol. The van der Waals surface area contributed by atoms with Crippen molar-refractivity contribution in [3.63, 3.8) is 0 Å². The molecule has 0 aromatic heterocycles. The van der Waals surface area contributed by atoms with Crippen molar-refractivity contribution in [1.29, 1.82) is 0 Å². The van der Waals surface area contributed by atoms with E-state index in [9.17, 15) is 18.0 Å². The molecule has 0 heterocycles. The van der Waals surface area contributed by atoms with Crippen molar-refractivity contribution in [2.75, 3.05) is 13.7 Å². The van der Waals surface area contributed by atoms with E-state index in [0.29, 0.717) is 0 Å². The number of hydrogen-bond acceptors (Lipinski definition) is 3. The van der Waals surface area contributed by atoms with E-state index in [2.05, 4.69) is 0 Å². The van der Waals surface area contributed by atoms with Gasteiger partial charge in [-0.3, -0.25) is 4.79 Å². The molecule has 3 N–H and O–H groups in total. The van der Waals surface area contributed by atoms with Gasteiger partial charge in [-0.05, 0) is 6.07 Å². The molecule has 1 unspecified atom stereocenters. The third-order valence-corrected chi connectivity index (χ3v) is 2.46. The smallest absolute Gasteiger partial charge is 0.419 e. The van der Waals surface area contributed by atoms with Crippen LogP contribution in [0.4, 0.5) is 13.2 Å². The van der Waals surface area contributed by atoms with Crippen LogP contribution in [0, 0.1) is 0 Å².